The molecule has 31 heavy (non-hydrogen) atoms. The van der Waals surface area contributed by atoms with Crippen LogP contribution in [0.5, 0.6) is 5.75 Å². The Morgan fingerprint density at radius 1 is 1.19 bits per heavy atom. The second-order valence-corrected chi connectivity index (χ2v) is 7.31. The van der Waals surface area contributed by atoms with Gasteiger partial charge in [-0.2, -0.15) is 5.10 Å². The third-order valence-corrected chi connectivity index (χ3v) is 5.21. The van der Waals surface area contributed by atoms with Gasteiger partial charge < -0.3 is 9.64 Å². The number of rotatable bonds is 3. The number of hydrogen-bond donors (Lipinski definition) is 0. The quantitative estimate of drug-likeness (QED) is 0.510. The zero-order valence-electron chi connectivity index (χ0n) is 16.7. The van der Waals surface area contributed by atoms with E-state index in [9.17, 15) is 14.0 Å². The SMILES string of the molecule is Cc1ccc2c(c1)N(C(=O)Cn1cnc3c(cnn3-c3ccc(F)cc3)c1=O)CCO2. The highest BCUT2D eigenvalue weighted by molar-refractivity contribution is 5.95. The molecule has 0 aliphatic carbocycles. The highest BCUT2D eigenvalue weighted by Gasteiger charge is 2.24. The van der Waals surface area contributed by atoms with Crippen molar-refractivity contribution in [1.82, 2.24) is 19.3 Å². The number of amides is 1. The van der Waals surface area contributed by atoms with Crippen molar-refractivity contribution >= 4 is 22.6 Å². The lowest BCUT2D eigenvalue weighted by atomic mass is 10.1. The number of benzene rings is 2. The van der Waals surface area contributed by atoms with Crippen LogP contribution in [0, 0.1) is 12.7 Å². The molecule has 1 aliphatic heterocycles. The minimum absolute atomic E-state index is 0.156. The molecular formula is C22H18FN5O3. The summed E-state index contributed by atoms with van der Waals surface area (Å²) in [5.41, 5.74) is 2.26. The third-order valence-electron chi connectivity index (χ3n) is 5.21. The summed E-state index contributed by atoms with van der Waals surface area (Å²) >= 11 is 0. The van der Waals surface area contributed by atoms with Gasteiger partial charge in [0.1, 0.15) is 36.4 Å². The van der Waals surface area contributed by atoms with Crippen molar-refractivity contribution in [3.8, 4) is 11.4 Å². The summed E-state index contributed by atoms with van der Waals surface area (Å²) in [6, 6.07) is 11.4. The maximum absolute atomic E-state index is 13.2. The Morgan fingerprint density at radius 2 is 2.00 bits per heavy atom. The van der Waals surface area contributed by atoms with E-state index in [-0.39, 0.29) is 29.2 Å². The lowest BCUT2D eigenvalue weighted by molar-refractivity contribution is -0.119. The number of ether oxygens (including phenoxy) is 1. The van der Waals surface area contributed by atoms with Crippen molar-refractivity contribution in [3.63, 3.8) is 0 Å². The lowest BCUT2D eigenvalue weighted by Gasteiger charge is -2.30. The summed E-state index contributed by atoms with van der Waals surface area (Å²) in [7, 11) is 0. The van der Waals surface area contributed by atoms with E-state index >= 15 is 0 Å². The van der Waals surface area contributed by atoms with Crippen LogP contribution in [0.4, 0.5) is 10.1 Å². The molecule has 156 valence electrons. The molecule has 2 aromatic carbocycles. The zero-order valence-corrected chi connectivity index (χ0v) is 16.7. The van der Waals surface area contributed by atoms with Gasteiger partial charge in [-0.25, -0.2) is 14.1 Å². The zero-order chi connectivity index (χ0) is 21.5. The molecule has 0 atom stereocenters. The molecule has 0 N–H and O–H groups in total. The Bertz CT molecular complexity index is 1360. The van der Waals surface area contributed by atoms with Crippen molar-refractivity contribution in [2.24, 2.45) is 0 Å². The Labute approximate surface area is 176 Å². The predicted molar refractivity (Wildman–Crippen MR) is 112 cm³/mol. The smallest absolute Gasteiger partial charge is 0.264 e. The fraction of sp³-hybridized carbons (Fsp3) is 0.182. The number of halogens is 1. The van der Waals surface area contributed by atoms with E-state index in [1.54, 1.807) is 17.0 Å². The van der Waals surface area contributed by atoms with Crippen LogP contribution in [0.25, 0.3) is 16.7 Å². The van der Waals surface area contributed by atoms with Gasteiger partial charge in [-0.15, -0.1) is 0 Å². The van der Waals surface area contributed by atoms with E-state index in [0.717, 1.165) is 5.56 Å². The van der Waals surface area contributed by atoms with Crippen LogP contribution in [0.15, 0.2) is 59.8 Å². The molecule has 0 radical (unpaired) electrons. The minimum Gasteiger partial charge on any atom is -0.490 e. The van der Waals surface area contributed by atoms with Crippen LogP contribution in [0.1, 0.15) is 5.56 Å². The molecule has 8 nitrogen and oxygen atoms in total. The van der Waals surface area contributed by atoms with E-state index in [1.807, 2.05) is 25.1 Å². The first-order chi connectivity index (χ1) is 15.0. The monoisotopic (exact) mass is 419 g/mol. The molecule has 2 aromatic heterocycles. The lowest BCUT2D eigenvalue weighted by Crippen LogP contribution is -2.41. The number of aromatic nitrogens is 4. The van der Waals surface area contributed by atoms with Crippen molar-refractivity contribution in [2.75, 3.05) is 18.1 Å². The van der Waals surface area contributed by atoms with Gasteiger partial charge in [0.05, 0.1) is 24.1 Å². The largest absolute Gasteiger partial charge is 0.490 e. The standard InChI is InChI=1S/C22H18FN5O3/c1-14-2-7-19-18(10-14)27(8-9-31-19)20(29)12-26-13-24-21-17(22(26)30)11-25-28(21)16-5-3-15(23)4-6-16/h2-7,10-11,13H,8-9,12H2,1H3. The summed E-state index contributed by atoms with van der Waals surface area (Å²) < 4.78 is 21.6. The van der Waals surface area contributed by atoms with Crippen molar-refractivity contribution in [2.45, 2.75) is 13.5 Å². The summed E-state index contributed by atoms with van der Waals surface area (Å²) in [4.78, 5) is 31.9. The third kappa shape index (κ3) is 3.33. The summed E-state index contributed by atoms with van der Waals surface area (Å²) in [5.74, 6) is 0.0462. The van der Waals surface area contributed by atoms with Crippen LogP contribution in [-0.2, 0) is 11.3 Å². The molecule has 0 spiro atoms. The van der Waals surface area contributed by atoms with E-state index in [4.69, 9.17) is 4.74 Å². The maximum atomic E-state index is 13.2. The molecule has 0 saturated carbocycles. The molecule has 3 heterocycles. The minimum atomic E-state index is -0.371. The van der Waals surface area contributed by atoms with Gasteiger partial charge in [0.25, 0.3) is 5.56 Å². The Hall–Kier alpha value is -4.01. The highest BCUT2D eigenvalue weighted by atomic mass is 19.1. The molecule has 5 rings (SSSR count). The molecule has 1 aliphatic rings. The topological polar surface area (TPSA) is 82.3 Å². The molecule has 0 bridgehead atoms. The molecule has 0 fully saturated rings. The first kappa shape index (κ1) is 19.0. The maximum Gasteiger partial charge on any atom is 0.264 e. The van der Waals surface area contributed by atoms with Gasteiger partial charge >= 0.3 is 0 Å². The highest BCUT2D eigenvalue weighted by Crippen LogP contribution is 2.32. The summed E-state index contributed by atoms with van der Waals surface area (Å²) in [6.07, 6.45) is 2.74. The normalized spacial score (nSPS) is 13.2. The van der Waals surface area contributed by atoms with Crippen LogP contribution in [-0.4, -0.2) is 38.4 Å². The van der Waals surface area contributed by atoms with E-state index in [2.05, 4.69) is 10.1 Å². The first-order valence-electron chi connectivity index (χ1n) is 9.74. The van der Waals surface area contributed by atoms with Crippen LogP contribution >= 0.6 is 0 Å². The number of carbonyl (C=O) groups excluding carboxylic acids is 1. The average Bonchev–Trinajstić information content (AvgIpc) is 3.20. The van der Waals surface area contributed by atoms with Crippen molar-refractivity contribution < 1.29 is 13.9 Å². The molecule has 1 amide bonds. The number of aryl methyl sites for hydroxylation is 1. The Balaban J connectivity index is 1.46. The molecule has 0 unspecified atom stereocenters. The van der Waals surface area contributed by atoms with Gasteiger partial charge in [-0.3, -0.25) is 14.2 Å². The number of anilines is 1. The van der Waals surface area contributed by atoms with E-state index < -0.39 is 0 Å². The summed E-state index contributed by atoms with van der Waals surface area (Å²) in [5, 5.41) is 4.49. The average molecular weight is 419 g/mol. The molecule has 4 aromatic rings. The molecule has 9 heteroatoms. The van der Waals surface area contributed by atoms with Crippen LogP contribution < -0.4 is 15.2 Å². The number of nitrogens with zero attached hydrogens (tertiary/aromatic N) is 5. The fourth-order valence-electron chi connectivity index (χ4n) is 3.65. The Morgan fingerprint density at radius 3 is 2.81 bits per heavy atom. The first-order valence-corrected chi connectivity index (χ1v) is 9.74. The molecule has 0 saturated heterocycles. The molecular weight excluding hydrogens is 401 g/mol. The van der Waals surface area contributed by atoms with Gasteiger partial charge in [0.15, 0.2) is 5.65 Å². The van der Waals surface area contributed by atoms with Crippen molar-refractivity contribution in [3.05, 3.63) is 76.7 Å². The van der Waals surface area contributed by atoms with Crippen LogP contribution in [0.3, 0.4) is 0 Å². The number of fused-ring (bicyclic) bond motifs is 2. The van der Waals surface area contributed by atoms with Gasteiger partial charge in [-0.05, 0) is 48.9 Å². The van der Waals surface area contributed by atoms with Gasteiger partial charge in [-0.1, -0.05) is 6.07 Å². The number of hydrogen-bond acceptors (Lipinski definition) is 5. The van der Waals surface area contributed by atoms with Crippen LogP contribution in [0.2, 0.25) is 0 Å². The van der Waals surface area contributed by atoms with Gasteiger partial charge in [0, 0.05) is 0 Å². The van der Waals surface area contributed by atoms with Gasteiger partial charge in [0.2, 0.25) is 5.91 Å². The predicted octanol–water partition coefficient (Wildman–Crippen LogP) is 2.46. The second kappa shape index (κ2) is 7.35. The number of carbonyl (C=O) groups is 1. The fourth-order valence-corrected chi connectivity index (χ4v) is 3.65. The van der Waals surface area contributed by atoms with E-state index in [1.165, 1.54) is 33.9 Å². The Kier molecular flexibility index (Phi) is 4.50. The van der Waals surface area contributed by atoms with Crippen molar-refractivity contribution in [1.29, 1.82) is 0 Å². The van der Waals surface area contributed by atoms with E-state index in [0.29, 0.717) is 35.9 Å². The summed E-state index contributed by atoms with van der Waals surface area (Å²) in [6.45, 7) is 2.58. The second-order valence-electron chi connectivity index (χ2n) is 7.31.